The number of aryl methyl sites for hydroxylation is 1. The van der Waals surface area contributed by atoms with Gasteiger partial charge >= 0.3 is 0 Å². The number of pyridine rings is 1. The maximum absolute atomic E-state index is 5.45. The molecule has 0 fully saturated rings. The second-order valence-corrected chi connectivity index (χ2v) is 4.25. The first-order valence-electron chi connectivity index (χ1n) is 4.97. The monoisotopic (exact) mass is 223 g/mol. The van der Waals surface area contributed by atoms with E-state index in [0.717, 1.165) is 25.2 Å². The molecule has 2 N–H and O–H groups in total. The molecule has 0 aromatic carbocycles. The van der Waals surface area contributed by atoms with E-state index in [1.165, 1.54) is 5.56 Å². The molecular formula is C11H17N3S. The van der Waals surface area contributed by atoms with Gasteiger partial charge in [0.1, 0.15) is 0 Å². The molecule has 3 nitrogen and oxygen atoms in total. The molecule has 0 unspecified atom stereocenters. The van der Waals surface area contributed by atoms with Crippen molar-refractivity contribution >= 4 is 17.2 Å². The van der Waals surface area contributed by atoms with Crippen molar-refractivity contribution in [1.82, 2.24) is 9.88 Å². The van der Waals surface area contributed by atoms with Crippen LogP contribution in [0.4, 0.5) is 0 Å². The van der Waals surface area contributed by atoms with Gasteiger partial charge in [-0.2, -0.15) is 0 Å². The van der Waals surface area contributed by atoms with Gasteiger partial charge in [-0.1, -0.05) is 18.3 Å². The highest BCUT2D eigenvalue weighted by Crippen LogP contribution is 2.06. The van der Waals surface area contributed by atoms with Crippen LogP contribution in [0.1, 0.15) is 17.7 Å². The van der Waals surface area contributed by atoms with Crippen LogP contribution in [-0.2, 0) is 6.54 Å². The molecule has 0 saturated heterocycles. The van der Waals surface area contributed by atoms with E-state index in [0.29, 0.717) is 4.99 Å². The van der Waals surface area contributed by atoms with E-state index in [1.807, 2.05) is 19.3 Å². The molecule has 0 aliphatic rings. The van der Waals surface area contributed by atoms with Crippen LogP contribution in [0.5, 0.6) is 0 Å². The first kappa shape index (κ1) is 12.1. The van der Waals surface area contributed by atoms with Gasteiger partial charge in [-0.05, 0) is 25.6 Å². The van der Waals surface area contributed by atoms with Crippen LogP contribution in [0.25, 0.3) is 0 Å². The lowest BCUT2D eigenvalue weighted by Crippen LogP contribution is -2.24. The van der Waals surface area contributed by atoms with E-state index in [9.17, 15) is 0 Å². The number of hydrogen-bond acceptors (Lipinski definition) is 3. The Kier molecular flexibility index (Phi) is 4.65. The zero-order valence-electron chi connectivity index (χ0n) is 9.23. The highest BCUT2D eigenvalue weighted by atomic mass is 32.1. The predicted molar refractivity (Wildman–Crippen MR) is 66.7 cm³/mol. The van der Waals surface area contributed by atoms with Gasteiger partial charge in [-0.15, -0.1) is 0 Å². The Balaban J connectivity index is 2.47. The molecule has 0 atom stereocenters. The zero-order chi connectivity index (χ0) is 11.3. The predicted octanol–water partition coefficient (Wildman–Crippen LogP) is 1.50. The van der Waals surface area contributed by atoms with Gasteiger partial charge < -0.3 is 10.6 Å². The van der Waals surface area contributed by atoms with Crippen LogP contribution in [0, 0.1) is 6.92 Å². The van der Waals surface area contributed by atoms with Crippen LogP contribution in [-0.4, -0.2) is 28.5 Å². The van der Waals surface area contributed by atoms with Crippen molar-refractivity contribution in [3.63, 3.8) is 0 Å². The molecule has 0 radical (unpaired) electrons. The van der Waals surface area contributed by atoms with Crippen LogP contribution in [0.2, 0.25) is 0 Å². The molecule has 0 bridgehead atoms. The fraction of sp³-hybridized carbons (Fsp3) is 0.455. The standard InChI is InChI=1S/C11H17N3S/c1-9-4-3-6-13-10(9)8-14(2)7-5-11(12)15/h3-4,6H,5,7-8H2,1-2H3,(H2,12,15). The number of nitrogens with zero attached hydrogens (tertiary/aromatic N) is 2. The number of hydrogen-bond donors (Lipinski definition) is 1. The highest BCUT2D eigenvalue weighted by molar-refractivity contribution is 7.80. The van der Waals surface area contributed by atoms with Crippen molar-refractivity contribution in [2.45, 2.75) is 19.9 Å². The summed E-state index contributed by atoms with van der Waals surface area (Å²) in [5.41, 5.74) is 7.79. The summed E-state index contributed by atoms with van der Waals surface area (Å²) >= 11 is 4.84. The van der Waals surface area contributed by atoms with Gasteiger partial charge in [-0.25, -0.2) is 0 Å². The molecule has 0 saturated carbocycles. The van der Waals surface area contributed by atoms with Crippen molar-refractivity contribution in [2.24, 2.45) is 5.73 Å². The smallest absolute Gasteiger partial charge is 0.0740 e. The summed E-state index contributed by atoms with van der Waals surface area (Å²) in [6, 6.07) is 4.03. The first-order chi connectivity index (χ1) is 7.09. The molecular weight excluding hydrogens is 206 g/mol. The largest absolute Gasteiger partial charge is 0.393 e. The molecule has 15 heavy (non-hydrogen) atoms. The Bertz CT molecular complexity index is 338. The van der Waals surface area contributed by atoms with Crippen LogP contribution in [0.15, 0.2) is 18.3 Å². The lowest BCUT2D eigenvalue weighted by molar-refractivity contribution is 0.332. The minimum Gasteiger partial charge on any atom is -0.393 e. The average Bonchev–Trinajstić information content (AvgIpc) is 2.18. The minimum atomic E-state index is 0.569. The Morgan fingerprint density at radius 1 is 1.60 bits per heavy atom. The molecule has 1 aromatic heterocycles. The minimum absolute atomic E-state index is 0.569. The molecule has 0 spiro atoms. The summed E-state index contributed by atoms with van der Waals surface area (Å²) in [6.07, 6.45) is 2.58. The molecule has 4 heteroatoms. The molecule has 0 aliphatic carbocycles. The van der Waals surface area contributed by atoms with E-state index in [-0.39, 0.29) is 0 Å². The molecule has 1 aromatic rings. The van der Waals surface area contributed by atoms with Crippen molar-refractivity contribution < 1.29 is 0 Å². The average molecular weight is 223 g/mol. The summed E-state index contributed by atoms with van der Waals surface area (Å²) in [5, 5.41) is 0. The number of nitrogens with two attached hydrogens (primary N) is 1. The van der Waals surface area contributed by atoms with E-state index in [4.69, 9.17) is 18.0 Å². The molecule has 1 heterocycles. The van der Waals surface area contributed by atoms with E-state index >= 15 is 0 Å². The third-order valence-electron chi connectivity index (χ3n) is 2.28. The Morgan fingerprint density at radius 3 is 2.93 bits per heavy atom. The van der Waals surface area contributed by atoms with E-state index in [2.05, 4.69) is 22.9 Å². The van der Waals surface area contributed by atoms with Crippen molar-refractivity contribution in [3.8, 4) is 0 Å². The molecule has 0 amide bonds. The highest BCUT2D eigenvalue weighted by Gasteiger charge is 2.03. The Hall–Kier alpha value is -1.00. The van der Waals surface area contributed by atoms with Gasteiger partial charge in [0.2, 0.25) is 0 Å². The normalized spacial score (nSPS) is 10.6. The third kappa shape index (κ3) is 4.36. The summed E-state index contributed by atoms with van der Waals surface area (Å²) in [6.45, 7) is 3.80. The van der Waals surface area contributed by atoms with Crippen LogP contribution >= 0.6 is 12.2 Å². The Morgan fingerprint density at radius 2 is 2.33 bits per heavy atom. The van der Waals surface area contributed by atoms with Gasteiger partial charge in [0, 0.05) is 25.7 Å². The maximum Gasteiger partial charge on any atom is 0.0740 e. The summed E-state index contributed by atoms with van der Waals surface area (Å²) in [7, 11) is 2.05. The Labute approximate surface area is 96.3 Å². The molecule has 0 aliphatic heterocycles. The van der Waals surface area contributed by atoms with E-state index in [1.54, 1.807) is 0 Å². The fourth-order valence-electron chi connectivity index (χ4n) is 1.32. The molecule has 1 rings (SSSR count). The van der Waals surface area contributed by atoms with Crippen LogP contribution < -0.4 is 5.73 Å². The summed E-state index contributed by atoms with van der Waals surface area (Å²) in [5.74, 6) is 0. The second-order valence-electron chi connectivity index (χ2n) is 3.72. The third-order valence-corrected chi connectivity index (χ3v) is 2.48. The number of rotatable bonds is 5. The molecule has 82 valence electrons. The lowest BCUT2D eigenvalue weighted by atomic mass is 10.2. The fourth-order valence-corrected chi connectivity index (χ4v) is 1.41. The summed E-state index contributed by atoms with van der Waals surface area (Å²) < 4.78 is 0. The first-order valence-corrected chi connectivity index (χ1v) is 5.37. The van der Waals surface area contributed by atoms with E-state index < -0.39 is 0 Å². The van der Waals surface area contributed by atoms with Crippen molar-refractivity contribution in [1.29, 1.82) is 0 Å². The second kappa shape index (κ2) is 5.78. The van der Waals surface area contributed by atoms with Gasteiger partial charge in [0.05, 0.1) is 10.7 Å². The topological polar surface area (TPSA) is 42.2 Å². The SMILES string of the molecule is Cc1cccnc1CN(C)CCC(N)=S. The number of aromatic nitrogens is 1. The van der Waals surface area contributed by atoms with Crippen molar-refractivity contribution in [2.75, 3.05) is 13.6 Å². The van der Waals surface area contributed by atoms with Crippen LogP contribution in [0.3, 0.4) is 0 Å². The number of thiocarbonyl (C=S) groups is 1. The van der Waals surface area contributed by atoms with Gasteiger partial charge in [-0.3, -0.25) is 4.98 Å². The quantitative estimate of drug-likeness (QED) is 0.768. The van der Waals surface area contributed by atoms with Gasteiger partial charge in [0.15, 0.2) is 0 Å². The lowest BCUT2D eigenvalue weighted by Gasteiger charge is -2.16. The zero-order valence-corrected chi connectivity index (χ0v) is 10.0. The van der Waals surface area contributed by atoms with Crippen molar-refractivity contribution in [3.05, 3.63) is 29.6 Å². The summed E-state index contributed by atoms with van der Waals surface area (Å²) in [4.78, 5) is 7.08. The maximum atomic E-state index is 5.45. The van der Waals surface area contributed by atoms with Gasteiger partial charge in [0.25, 0.3) is 0 Å².